The molecule has 0 heterocycles. The van der Waals surface area contributed by atoms with Crippen molar-refractivity contribution in [1.29, 1.82) is 0 Å². The average Bonchev–Trinajstić information content (AvgIpc) is 2.45. The number of hydrogen-bond acceptors (Lipinski definition) is 5. The number of aliphatic carboxylic acids is 1. The van der Waals surface area contributed by atoms with Gasteiger partial charge in [-0.25, -0.2) is 4.79 Å². The molecule has 0 radical (unpaired) electrons. The highest BCUT2D eigenvalue weighted by Crippen LogP contribution is 2.16. The van der Waals surface area contributed by atoms with Crippen LogP contribution in [0.3, 0.4) is 0 Å². The van der Waals surface area contributed by atoms with E-state index in [0.717, 1.165) is 12.8 Å². The summed E-state index contributed by atoms with van der Waals surface area (Å²) in [7, 11) is 0. The molecule has 0 aliphatic heterocycles. The predicted octanol–water partition coefficient (Wildman–Crippen LogP) is 3.56. The molecular formula is C18H33NO6. The fraction of sp³-hybridized carbons (Fsp3) is 0.833. The number of alkyl carbamates (subject to hydrolysis) is 1. The number of carboxylic acid groups (broad SMARTS) is 1. The van der Waals surface area contributed by atoms with Crippen LogP contribution in [-0.2, 0) is 19.1 Å². The number of ether oxygens (including phenoxy) is 2. The summed E-state index contributed by atoms with van der Waals surface area (Å²) in [6, 6.07) is -0.528. The van der Waals surface area contributed by atoms with Gasteiger partial charge in [-0.3, -0.25) is 9.59 Å². The summed E-state index contributed by atoms with van der Waals surface area (Å²) in [5.41, 5.74) is 0. The molecule has 0 spiro atoms. The van der Waals surface area contributed by atoms with E-state index >= 15 is 0 Å². The number of carbonyl (C=O) groups is 3. The van der Waals surface area contributed by atoms with E-state index in [-0.39, 0.29) is 24.2 Å². The molecule has 1 amide bonds. The van der Waals surface area contributed by atoms with E-state index in [0.29, 0.717) is 6.42 Å². The summed E-state index contributed by atoms with van der Waals surface area (Å²) in [6.45, 7) is 11.0. The standard InChI is InChI=1S/C18H33NO6/c1-7-8-13(6)9-14(10-15(20)21)19-18(23)25-17(12(4)5)24-16(22)11(2)3/h11-14,17H,7-10H2,1-6H3,(H,19,23)(H,20,21)/t13-,14+,17-/m1/s1. The Kier molecular flexibility index (Phi) is 10.9. The van der Waals surface area contributed by atoms with E-state index < -0.39 is 30.4 Å². The lowest BCUT2D eigenvalue weighted by atomic mass is 9.95. The van der Waals surface area contributed by atoms with Crippen molar-refractivity contribution in [3.05, 3.63) is 0 Å². The lowest BCUT2D eigenvalue weighted by Gasteiger charge is -2.25. The lowest BCUT2D eigenvalue weighted by molar-refractivity contribution is -0.178. The van der Waals surface area contributed by atoms with Crippen molar-refractivity contribution < 1.29 is 29.0 Å². The van der Waals surface area contributed by atoms with Gasteiger partial charge in [-0.05, 0) is 12.3 Å². The first-order valence-electron chi connectivity index (χ1n) is 8.96. The molecule has 0 unspecified atom stereocenters. The lowest BCUT2D eigenvalue weighted by Crippen LogP contribution is -2.41. The molecule has 0 fully saturated rings. The number of hydrogen-bond donors (Lipinski definition) is 2. The van der Waals surface area contributed by atoms with Crippen molar-refractivity contribution >= 4 is 18.0 Å². The second-order valence-corrected chi connectivity index (χ2v) is 7.18. The van der Waals surface area contributed by atoms with Crippen LogP contribution in [-0.4, -0.2) is 35.5 Å². The van der Waals surface area contributed by atoms with Gasteiger partial charge in [-0.15, -0.1) is 0 Å². The molecule has 0 bridgehead atoms. The molecular weight excluding hydrogens is 326 g/mol. The zero-order chi connectivity index (χ0) is 19.6. The summed E-state index contributed by atoms with van der Waals surface area (Å²) >= 11 is 0. The van der Waals surface area contributed by atoms with E-state index in [9.17, 15) is 14.4 Å². The first-order chi connectivity index (χ1) is 11.6. The minimum atomic E-state index is -1.01. The van der Waals surface area contributed by atoms with Gasteiger partial charge in [0.2, 0.25) is 0 Å². The van der Waals surface area contributed by atoms with E-state index in [2.05, 4.69) is 12.2 Å². The molecule has 2 N–H and O–H groups in total. The third-order valence-corrected chi connectivity index (χ3v) is 3.68. The monoisotopic (exact) mass is 359 g/mol. The van der Waals surface area contributed by atoms with Crippen molar-refractivity contribution in [3.63, 3.8) is 0 Å². The van der Waals surface area contributed by atoms with Crippen LogP contribution in [0.15, 0.2) is 0 Å². The molecule has 0 aliphatic rings. The summed E-state index contributed by atoms with van der Waals surface area (Å²) in [5.74, 6) is -1.70. The zero-order valence-electron chi connectivity index (χ0n) is 16.2. The fourth-order valence-corrected chi connectivity index (χ4v) is 2.35. The predicted molar refractivity (Wildman–Crippen MR) is 93.9 cm³/mol. The quantitative estimate of drug-likeness (QED) is 0.432. The highest BCUT2D eigenvalue weighted by atomic mass is 16.7. The summed E-state index contributed by atoms with van der Waals surface area (Å²) < 4.78 is 10.4. The minimum Gasteiger partial charge on any atom is -0.481 e. The van der Waals surface area contributed by atoms with E-state index in [1.54, 1.807) is 27.7 Å². The number of carboxylic acids is 1. The van der Waals surface area contributed by atoms with Gasteiger partial charge in [-0.1, -0.05) is 54.4 Å². The Balaban J connectivity index is 4.78. The first-order valence-corrected chi connectivity index (χ1v) is 8.96. The van der Waals surface area contributed by atoms with Crippen molar-refractivity contribution in [1.82, 2.24) is 5.32 Å². The van der Waals surface area contributed by atoms with Gasteiger partial charge in [0.1, 0.15) is 0 Å². The molecule has 146 valence electrons. The van der Waals surface area contributed by atoms with Crippen molar-refractivity contribution in [2.24, 2.45) is 17.8 Å². The van der Waals surface area contributed by atoms with Crippen LogP contribution >= 0.6 is 0 Å². The number of carbonyl (C=O) groups excluding carboxylic acids is 2. The van der Waals surface area contributed by atoms with E-state index in [4.69, 9.17) is 14.6 Å². The van der Waals surface area contributed by atoms with E-state index in [1.165, 1.54) is 0 Å². The van der Waals surface area contributed by atoms with Crippen molar-refractivity contribution in [3.8, 4) is 0 Å². The number of amides is 1. The average molecular weight is 359 g/mol. The van der Waals surface area contributed by atoms with Gasteiger partial charge >= 0.3 is 18.0 Å². The van der Waals surface area contributed by atoms with Gasteiger partial charge in [0.05, 0.1) is 12.3 Å². The van der Waals surface area contributed by atoms with E-state index in [1.807, 2.05) is 6.92 Å². The van der Waals surface area contributed by atoms with Gasteiger partial charge in [0.15, 0.2) is 0 Å². The van der Waals surface area contributed by atoms with Crippen LogP contribution in [0.4, 0.5) is 4.79 Å². The maximum Gasteiger partial charge on any atom is 0.410 e. The topological polar surface area (TPSA) is 102 Å². The van der Waals surface area contributed by atoms with Gasteiger partial charge in [0.25, 0.3) is 6.29 Å². The molecule has 7 heteroatoms. The Morgan fingerprint density at radius 3 is 2.08 bits per heavy atom. The highest BCUT2D eigenvalue weighted by Gasteiger charge is 2.26. The Labute approximate surface area is 150 Å². The first kappa shape index (κ1) is 23.2. The Hall–Kier alpha value is -1.79. The molecule has 0 aromatic carbocycles. The SMILES string of the molecule is CCC[C@@H](C)C[C@@H](CC(=O)O)NC(=O)O[C@@H](OC(=O)C(C)C)C(C)C. The molecule has 7 nitrogen and oxygen atoms in total. The maximum absolute atomic E-state index is 12.1. The van der Waals surface area contributed by atoms with Crippen molar-refractivity contribution in [2.75, 3.05) is 0 Å². The number of nitrogens with one attached hydrogen (secondary N) is 1. The van der Waals surface area contributed by atoms with Crippen LogP contribution in [0.5, 0.6) is 0 Å². The highest BCUT2D eigenvalue weighted by molar-refractivity contribution is 5.73. The molecule has 25 heavy (non-hydrogen) atoms. The summed E-state index contributed by atoms with van der Waals surface area (Å²) in [4.78, 5) is 34.9. The molecule has 3 atom stereocenters. The second kappa shape index (κ2) is 11.7. The summed E-state index contributed by atoms with van der Waals surface area (Å²) in [5, 5.41) is 11.6. The van der Waals surface area contributed by atoms with Crippen LogP contribution in [0.1, 0.15) is 67.2 Å². The van der Waals surface area contributed by atoms with Crippen molar-refractivity contribution in [2.45, 2.75) is 79.6 Å². The molecule has 0 aromatic rings. The third kappa shape index (κ3) is 10.6. The molecule has 0 aliphatic carbocycles. The van der Waals surface area contributed by atoms with Gasteiger partial charge in [-0.2, -0.15) is 0 Å². The summed E-state index contributed by atoms with van der Waals surface area (Å²) in [6.07, 6.45) is 0.535. The van der Waals surface area contributed by atoms with Crippen LogP contribution < -0.4 is 5.32 Å². The maximum atomic E-state index is 12.1. The minimum absolute atomic E-state index is 0.179. The Morgan fingerprint density at radius 2 is 1.64 bits per heavy atom. The number of esters is 1. The Morgan fingerprint density at radius 1 is 1.04 bits per heavy atom. The molecule has 0 saturated heterocycles. The molecule has 0 aromatic heterocycles. The van der Waals surface area contributed by atoms with Gasteiger partial charge < -0.3 is 19.9 Å². The molecule has 0 rings (SSSR count). The second-order valence-electron chi connectivity index (χ2n) is 7.18. The van der Waals surface area contributed by atoms with Crippen LogP contribution in [0.25, 0.3) is 0 Å². The Bertz CT molecular complexity index is 435. The van der Waals surface area contributed by atoms with Crippen LogP contribution in [0.2, 0.25) is 0 Å². The van der Waals surface area contributed by atoms with Gasteiger partial charge in [0, 0.05) is 12.0 Å². The zero-order valence-corrected chi connectivity index (χ0v) is 16.2. The van der Waals surface area contributed by atoms with Crippen LogP contribution in [0, 0.1) is 17.8 Å². The fourth-order valence-electron chi connectivity index (χ4n) is 2.35. The normalized spacial score (nSPS) is 14.7. The number of rotatable bonds is 11. The smallest absolute Gasteiger partial charge is 0.410 e. The molecule has 0 saturated carbocycles. The largest absolute Gasteiger partial charge is 0.481 e. The third-order valence-electron chi connectivity index (χ3n) is 3.68.